The first-order valence-corrected chi connectivity index (χ1v) is 11.3. The smallest absolute Gasteiger partial charge is 0.339 e. The second kappa shape index (κ2) is 9.79. The Morgan fingerprint density at radius 1 is 1.09 bits per heavy atom. The van der Waals surface area contributed by atoms with Gasteiger partial charge in [0.1, 0.15) is 4.90 Å². The van der Waals surface area contributed by atoms with Gasteiger partial charge >= 0.3 is 10.1 Å². The van der Waals surface area contributed by atoms with Crippen LogP contribution in [0.3, 0.4) is 0 Å². The number of benzene rings is 3. The van der Waals surface area contributed by atoms with E-state index in [1.165, 1.54) is 49.7 Å². The van der Waals surface area contributed by atoms with E-state index in [1.54, 1.807) is 24.3 Å². The highest BCUT2D eigenvalue weighted by atomic mass is 79.9. The summed E-state index contributed by atoms with van der Waals surface area (Å²) < 4.78 is 36.3. The number of non-ortho nitro benzene ring substituents is 1. The van der Waals surface area contributed by atoms with Gasteiger partial charge in [0.05, 0.1) is 28.4 Å². The molecule has 0 amide bonds. The maximum atomic E-state index is 12.6. The molecule has 0 fully saturated rings. The normalized spacial score (nSPS) is 11.3. The number of aryl methyl sites for hydroxylation is 1. The van der Waals surface area contributed by atoms with E-state index < -0.39 is 15.0 Å². The van der Waals surface area contributed by atoms with E-state index in [4.69, 9.17) is 8.92 Å². The first-order valence-electron chi connectivity index (χ1n) is 9.12. The molecule has 0 aliphatic heterocycles. The molecule has 0 radical (unpaired) electrons. The number of nitro groups is 1. The SMILES string of the molecule is COc1cc(/C=N/Nc2ccc([N+](=O)[O-])cc2)cc(Br)c1OS(=O)(=O)c1ccc(C)cc1. The van der Waals surface area contributed by atoms with E-state index >= 15 is 0 Å². The second-order valence-electron chi connectivity index (χ2n) is 6.56. The topological polar surface area (TPSA) is 120 Å². The number of hydrogen-bond donors (Lipinski definition) is 1. The van der Waals surface area contributed by atoms with Gasteiger partial charge in [-0.3, -0.25) is 15.5 Å². The van der Waals surface area contributed by atoms with E-state index in [1.807, 2.05) is 6.92 Å². The summed E-state index contributed by atoms with van der Waals surface area (Å²) in [4.78, 5) is 10.2. The summed E-state index contributed by atoms with van der Waals surface area (Å²) in [5.74, 6) is 0.195. The molecule has 166 valence electrons. The zero-order valence-corrected chi connectivity index (χ0v) is 19.4. The molecule has 3 rings (SSSR count). The van der Waals surface area contributed by atoms with E-state index in [0.29, 0.717) is 15.7 Å². The van der Waals surface area contributed by atoms with Crippen LogP contribution in [0.5, 0.6) is 11.5 Å². The number of ether oxygens (including phenoxy) is 1. The monoisotopic (exact) mass is 519 g/mol. The predicted molar refractivity (Wildman–Crippen MR) is 124 cm³/mol. The standard InChI is InChI=1S/C21H18BrN3O6S/c1-14-3-9-18(10-4-14)32(28,29)31-21-19(22)11-15(12-20(21)30-2)13-23-24-16-5-7-17(8-6-16)25(26)27/h3-13,24H,1-2H3/b23-13+. The molecule has 0 unspecified atom stereocenters. The molecule has 11 heteroatoms. The quantitative estimate of drug-likeness (QED) is 0.194. The number of rotatable bonds is 8. The first kappa shape index (κ1) is 23.2. The number of hydrogen-bond acceptors (Lipinski definition) is 8. The maximum absolute atomic E-state index is 12.6. The van der Waals surface area contributed by atoms with Gasteiger partial charge in [0, 0.05) is 12.1 Å². The van der Waals surface area contributed by atoms with E-state index in [9.17, 15) is 18.5 Å². The van der Waals surface area contributed by atoms with Crippen LogP contribution < -0.4 is 14.3 Å². The summed E-state index contributed by atoms with van der Waals surface area (Å²) in [6.07, 6.45) is 1.48. The van der Waals surface area contributed by atoms with Crippen LogP contribution in [-0.4, -0.2) is 26.7 Å². The number of nitrogens with zero attached hydrogens (tertiary/aromatic N) is 2. The zero-order chi connectivity index (χ0) is 23.3. The van der Waals surface area contributed by atoms with Crippen molar-refractivity contribution < 1.29 is 22.3 Å². The molecule has 0 bridgehead atoms. The minimum Gasteiger partial charge on any atom is -0.493 e. The summed E-state index contributed by atoms with van der Waals surface area (Å²) in [5, 5.41) is 14.8. The fourth-order valence-electron chi connectivity index (χ4n) is 2.60. The fourth-order valence-corrected chi connectivity index (χ4v) is 4.20. The maximum Gasteiger partial charge on any atom is 0.339 e. The minimum atomic E-state index is -4.06. The Hall–Kier alpha value is -3.44. The average molecular weight is 520 g/mol. The van der Waals surface area contributed by atoms with Crippen LogP contribution in [0.1, 0.15) is 11.1 Å². The molecule has 0 saturated carbocycles. The lowest BCUT2D eigenvalue weighted by Gasteiger charge is -2.13. The number of methoxy groups -OCH3 is 1. The Labute approximate surface area is 193 Å². The van der Waals surface area contributed by atoms with Crippen molar-refractivity contribution in [2.24, 2.45) is 5.10 Å². The molecular formula is C21H18BrN3O6S. The summed E-state index contributed by atoms with van der Waals surface area (Å²) in [6, 6.07) is 15.2. The Bertz CT molecular complexity index is 1260. The third-order valence-corrected chi connectivity index (χ3v) is 6.06. The van der Waals surface area contributed by atoms with Gasteiger partial charge in [0.2, 0.25) is 0 Å². The number of nitro benzene ring substituents is 1. The van der Waals surface area contributed by atoms with Gasteiger partial charge < -0.3 is 8.92 Å². The van der Waals surface area contributed by atoms with Crippen LogP contribution in [-0.2, 0) is 10.1 Å². The zero-order valence-electron chi connectivity index (χ0n) is 17.0. The van der Waals surface area contributed by atoms with Crippen molar-refractivity contribution in [3.63, 3.8) is 0 Å². The Balaban J connectivity index is 1.79. The first-order chi connectivity index (χ1) is 15.2. The van der Waals surface area contributed by atoms with Gasteiger partial charge in [-0.05, 0) is 64.8 Å². The van der Waals surface area contributed by atoms with Gasteiger partial charge in [-0.2, -0.15) is 13.5 Å². The van der Waals surface area contributed by atoms with Crippen LogP contribution in [0.2, 0.25) is 0 Å². The Morgan fingerprint density at radius 2 is 1.75 bits per heavy atom. The molecular weight excluding hydrogens is 502 g/mol. The third-order valence-electron chi connectivity index (χ3n) is 4.24. The molecule has 0 atom stereocenters. The van der Waals surface area contributed by atoms with Crippen molar-refractivity contribution in [2.75, 3.05) is 12.5 Å². The molecule has 0 saturated heterocycles. The second-order valence-corrected chi connectivity index (χ2v) is 8.96. The van der Waals surface area contributed by atoms with Gasteiger partial charge in [-0.1, -0.05) is 17.7 Å². The van der Waals surface area contributed by atoms with Crippen LogP contribution in [0.4, 0.5) is 11.4 Å². The molecule has 3 aromatic carbocycles. The minimum absolute atomic E-state index is 0.00792. The summed E-state index contributed by atoms with van der Waals surface area (Å²) in [7, 11) is -2.67. The highest BCUT2D eigenvalue weighted by molar-refractivity contribution is 9.10. The van der Waals surface area contributed by atoms with E-state index in [0.717, 1.165) is 5.56 Å². The number of anilines is 1. The predicted octanol–water partition coefficient (Wildman–Crippen LogP) is 4.89. The molecule has 0 spiro atoms. The Morgan fingerprint density at radius 3 is 2.34 bits per heavy atom. The van der Waals surface area contributed by atoms with E-state index in [-0.39, 0.29) is 22.1 Å². The van der Waals surface area contributed by atoms with Crippen LogP contribution in [0, 0.1) is 17.0 Å². The fraction of sp³-hybridized carbons (Fsp3) is 0.0952. The molecule has 3 aromatic rings. The van der Waals surface area contributed by atoms with Crippen molar-refractivity contribution in [3.05, 3.63) is 86.4 Å². The number of halogens is 1. The van der Waals surface area contributed by atoms with Crippen molar-refractivity contribution >= 4 is 43.6 Å². The molecule has 0 aromatic heterocycles. The van der Waals surface area contributed by atoms with Gasteiger partial charge in [-0.15, -0.1) is 0 Å². The van der Waals surface area contributed by atoms with Gasteiger partial charge in [0.25, 0.3) is 5.69 Å². The third kappa shape index (κ3) is 5.62. The number of hydrazone groups is 1. The van der Waals surface area contributed by atoms with Gasteiger partial charge in [-0.25, -0.2) is 0 Å². The van der Waals surface area contributed by atoms with Crippen LogP contribution in [0.25, 0.3) is 0 Å². The Kier molecular flexibility index (Phi) is 7.11. The number of nitrogens with one attached hydrogen (secondary N) is 1. The van der Waals surface area contributed by atoms with Crippen molar-refractivity contribution in [2.45, 2.75) is 11.8 Å². The lowest BCUT2D eigenvalue weighted by molar-refractivity contribution is -0.384. The highest BCUT2D eigenvalue weighted by Gasteiger charge is 2.21. The largest absolute Gasteiger partial charge is 0.493 e. The van der Waals surface area contributed by atoms with Crippen molar-refractivity contribution in [3.8, 4) is 11.5 Å². The molecule has 32 heavy (non-hydrogen) atoms. The molecule has 9 nitrogen and oxygen atoms in total. The van der Waals surface area contributed by atoms with Crippen molar-refractivity contribution in [1.82, 2.24) is 0 Å². The molecule has 0 aliphatic rings. The van der Waals surface area contributed by atoms with Crippen LogP contribution >= 0.6 is 15.9 Å². The van der Waals surface area contributed by atoms with Crippen molar-refractivity contribution in [1.29, 1.82) is 0 Å². The molecule has 0 heterocycles. The molecule has 1 N–H and O–H groups in total. The highest BCUT2D eigenvalue weighted by Crippen LogP contribution is 2.38. The van der Waals surface area contributed by atoms with E-state index in [2.05, 4.69) is 26.5 Å². The molecule has 0 aliphatic carbocycles. The summed E-state index contributed by atoms with van der Waals surface area (Å²) in [5.41, 5.74) is 4.80. The van der Waals surface area contributed by atoms with Gasteiger partial charge in [0.15, 0.2) is 11.5 Å². The van der Waals surface area contributed by atoms with Crippen LogP contribution in [0.15, 0.2) is 75.1 Å². The summed E-state index contributed by atoms with van der Waals surface area (Å²) >= 11 is 3.32. The average Bonchev–Trinajstić information content (AvgIpc) is 2.76. The summed E-state index contributed by atoms with van der Waals surface area (Å²) in [6.45, 7) is 1.85. The lowest BCUT2D eigenvalue weighted by atomic mass is 10.2. The lowest BCUT2D eigenvalue weighted by Crippen LogP contribution is -2.11.